The average Bonchev–Trinajstić information content (AvgIpc) is 2.80. The third kappa shape index (κ3) is 5.85. The summed E-state index contributed by atoms with van der Waals surface area (Å²) >= 11 is 0. The highest BCUT2D eigenvalue weighted by Gasteiger charge is 2.33. The molecule has 1 aromatic rings. The van der Waals surface area contributed by atoms with Gasteiger partial charge >= 0.3 is 0 Å². The fourth-order valence-corrected chi connectivity index (χ4v) is 5.82. The van der Waals surface area contributed by atoms with Crippen molar-refractivity contribution in [2.24, 2.45) is 11.8 Å². The SMILES string of the molecule is CCN(c1cc(OC)cc(C(=O)NCC2C(=O)NC(C)CC2C)c1C)C1CCC(N(C)C)CC1. The standard InChI is InChI=1S/C27H44N4O3/c1-8-31(21-11-9-20(10-12-21)30(5)6)25-15-22(34-7)14-23(19(25)4)26(32)28-16-24-17(2)13-18(3)29-27(24)33/h14-15,17-18,20-21,24H,8-13,16H2,1-7H3,(H,28,32)(H,29,33). The minimum Gasteiger partial charge on any atom is -0.497 e. The first-order valence-corrected chi connectivity index (χ1v) is 12.9. The second-order valence-electron chi connectivity index (χ2n) is 10.5. The summed E-state index contributed by atoms with van der Waals surface area (Å²) in [7, 11) is 5.97. The van der Waals surface area contributed by atoms with Crippen molar-refractivity contribution in [1.82, 2.24) is 15.5 Å². The summed E-state index contributed by atoms with van der Waals surface area (Å²) in [5.74, 6) is 0.593. The largest absolute Gasteiger partial charge is 0.497 e. The highest BCUT2D eigenvalue weighted by Crippen LogP contribution is 2.35. The maximum atomic E-state index is 13.3. The normalized spacial score (nSPS) is 27.3. The molecule has 0 aromatic heterocycles. The van der Waals surface area contributed by atoms with E-state index in [-0.39, 0.29) is 29.7 Å². The molecular formula is C27H44N4O3. The number of hydrogen-bond acceptors (Lipinski definition) is 5. The van der Waals surface area contributed by atoms with Crippen molar-refractivity contribution in [2.75, 3.05) is 39.2 Å². The van der Waals surface area contributed by atoms with E-state index in [9.17, 15) is 9.59 Å². The maximum absolute atomic E-state index is 13.3. The zero-order valence-electron chi connectivity index (χ0n) is 22.1. The Kier molecular flexibility index (Phi) is 8.85. The molecule has 0 bridgehead atoms. The minimum atomic E-state index is -0.204. The van der Waals surface area contributed by atoms with E-state index in [1.807, 2.05) is 19.9 Å². The van der Waals surface area contributed by atoms with Crippen LogP contribution in [0.15, 0.2) is 12.1 Å². The van der Waals surface area contributed by atoms with Gasteiger partial charge in [0.25, 0.3) is 5.91 Å². The topological polar surface area (TPSA) is 73.9 Å². The number of benzene rings is 1. The Bertz CT molecular complexity index is 864. The van der Waals surface area contributed by atoms with Gasteiger partial charge in [0, 0.05) is 48.5 Å². The van der Waals surface area contributed by atoms with Crippen LogP contribution in [0.5, 0.6) is 5.75 Å². The Balaban J connectivity index is 1.78. The first kappa shape index (κ1) is 26.3. The summed E-state index contributed by atoms with van der Waals surface area (Å²) in [4.78, 5) is 30.5. The van der Waals surface area contributed by atoms with Crippen LogP contribution in [0.25, 0.3) is 0 Å². The van der Waals surface area contributed by atoms with E-state index in [4.69, 9.17) is 4.74 Å². The molecule has 3 rings (SSSR count). The van der Waals surface area contributed by atoms with Gasteiger partial charge in [-0.1, -0.05) is 6.92 Å². The van der Waals surface area contributed by atoms with Gasteiger partial charge in [0.15, 0.2) is 0 Å². The highest BCUT2D eigenvalue weighted by atomic mass is 16.5. The van der Waals surface area contributed by atoms with E-state index >= 15 is 0 Å². The van der Waals surface area contributed by atoms with Gasteiger partial charge < -0.3 is 25.2 Å². The fraction of sp³-hybridized carbons (Fsp3) is 0.704. The summed E-state index contributed by atoms with van der Waals surface area (Å²) in [5, 5.41) is 6.05. The Hall–Kier alpha value is -2.28. The molecule has 2 amide bonds. The monoisotopic (exact) mass is 472 g/mol. The van der Waals surface area contributed by atoms with E-state index in [0.717, 1.165) is 37.1 Å². The van der Waals surface area contributed by atoms with Crippen LogP contribution in [0, 0.1) is 18.8 Å². The molecule has 7 heteroatoms. The maximum Gasteiger partial charge on any atom is 0.251 e. The van der Waals surface area contributed by atoms with Crippen LogP contribution in [-0.2, 0) is 4.79 Å². The van der Waals surface area contributed by atoms with Crippen LogP contribution < -0.4 is 20.3 Å². The molecule has 0 spiro atoms. The summed E-state index contributed by atoms with van der Waals surface area (Å²) in [6.07, 6.45) is 5.58. The number of carbonyl (C=O) groups excluding carboxylic acids is 2. The molecule has 2 N–H and O–H groups in total. The number of piperidine rings is 1. The van der Waals surface area contributed by atoms with Gasteiger partial charge in [-0.05, 0) is 84.5 Å². The second-order valence-corrected chi connectivity index (χ2v) is 10.5. The number of amides is 2. The summed E-state index contributed by atoms with van der Waals surface area (Å²) in [6.45, 7) is 9.54. The molecule has 1 heterocycles. The first-order valence-electron chi connectivity index (χ1n) is 12.9. The van der Waals surface area contributed by atoms with Gasteiger partial charge in [-0.3, -0.25) is 9.59 Å². The summed E-state index contributed by atoms with van der Waals surface area (Å²) in [5.41, 5.74) is 2.65. The van der Waals surface area contributed by atoms with Crippen LogP contribution in [0.2, 0.25) is 0 Å². The third-order valence-corrected chi connectivity index (χ3v) is 7.94. The number of carbonyl (C=O) groups is 2. The number of methoxy groups -OCH3 is 1. The van der Waals surface area contributed by atoms with Gasteiger partial charge in [0.2, 0.25) is 5.91 Å². The molecule has 7 nitrogen and oxygen atoms in total. The van der Waals surface area contributed by atoms with Crippen LogP contribution in [0.4, 0.5) is 5.69 Å². The Labute approximate surface area is 205 Å². The number of anilines is 1. The van der Waals surface area contributed by atoms with Gasteiger partial charge in [-0.2, -0.15) is 0 Å². The third-order valence-electron chi connectivity index (χ3n) is 7.94. The molecule has 3 atom stereocenters. The molecule has 1 aliphatic heterocycles. The molecule has 2 fully saturated rings. The molecule has 190 valence electrons. The zero-order chi connectivity index (χ0) is 25.0. The number of nitrogens with one attached hydrogen (secondary N) is 2. The molecule has 1 saturated carbocycles. The number of rotatable bonds is 8. The predicted octanol–water partition coefficient (Wildman–Crippen LogP) is 3.59. The van der Waals surface area contributed by atoms with Crippen molar-refractivity contribution in [3.63, 3.8) is 0 Å². The molecule has 1 aliphatic carbocycles. The van der Waals surface area contributed by atoms with Crippen LogP contribution in [-0.4, -0.2) is 69.1 Å². The van der Waals surface area contributed by atoms with Gasteiger partial charge in [0.05, 0.1) is 13.0 Å². The van der Waals surface area contributed by atoms with Crippen molar-refractivity contribution in [3.8, 4) is 5.75 Å². The Morgan fingerprint density at radius 2 is 1.79 bits per heavy atom. The van der Waals surface area contributed by atoms with E-state index < -0.39 is 0 Å². The zero-order valence-corrected chi connectivity index (χ0v) is 22.1. The minimum absolute atomic E-state index is 0.0279. The highest BCUT2D eigenvalue weighted by molar-refractivity contribution is 5.98. The summed E-state index contributed by atoms with van der Waals surface area (Å²) < 4.78 is 5.59. The smallest absolute Gasteiger partial charge is 0.251 e. The first-order chi connectivity index (χ1) is 16.2. The molecule has 3 unspecified atom stereocenters. The van der Waals surface area contributed by atoms with E-state index in [1.165, 1.54) is 12.8 Å². The van der Waals surface area contributed by atoms with Crippen molar-refractivity contribution in [2.45, 2.75) is 77.9 Å². The average molecular weight is 473 g/mol. The van der Waals surface area contributed by atoms with Crippen LogP contribution >= 0.6 is 0 Å². The lowest BCUT2D eigenvalue weighted by Gasteiger charge is -2.40. The molecule has 34 heavy (non-hydrogen) atoms. The number of hydrogen-bond donors (Lipinski definition) is 2. The lowest BCUT2D eigenvalue weighted by atomic mass is 9.84. The summed E-state index contributed by atoms with van der Waals surface area (Å²) in [6, 6.07) is 5.16. The Morgan fingerprint density at radius 3 is 2.35 bits per heavy atom. The second kappa shape index (κ2) is 11.4. The quantitative estimate of drug-likeness (QED) is 0.605. The molecule has 1 aromatic carbocycles. The van der Waals surface area contributed by atoms with Gasteiger partial charge in [-0.25, -0.2) is 0 Å². The lowest BCUT2D eigenvalue weighted by Crippen LogP contribution is -2.50. The van der Waals surface area contributed by atoms with Crippen molar-refractivity contribution in [1.29, 1.82) is 0 Å². The van der Waals surface area contributed by atoms with E-state index in [1.54, 1.807) is 7.11 Å². The number of ether oxygens (including phenoxy) is 1. The van der Waals surface area contributed by atoms with Gasteiger partial charge in [-0.15, -0.1) is 0 Å². The molecule has 2 aliphatic rings. The van der Waals surface area contributed by atoms with Crippen LogP contribution in [0.3, 0.4) is 0 Å². The van der Waals surface area contributed by atoms with Crippen molar-refractivity contribution in [3.05, 3.63) is 23.3 Å². The van der Waals surface area contributed by atoms with E-state index in [2.05, 4.69) is 54.4 Å². The molecule has 1 saturated heterocycles. The fourth-order valence-electron chi connectivity index (χ4n) is 5.82. The molecule has 0 radical (unpaired) electrons. The number of nitrogens with zero attached hydrogens (tertiary/aromatic N) is 2. The van der Waals surface area contributed by atoms with E-state index in [0.29, 0.717) is 29.9 Å². The predicted molar refractivity (Wildman–Crippen MR) is 138 cm³/mol. The Morgan fingerprint density at radius 1 is 1.15 bits per heavy atom. The van der Waals surface area contributed by atoms with Crippen molar-refractivity contribution < 1.29 is 14.3 Å². The molecular weight excluding hydrogens is 428 g/mol. The van der Waals surface area contributed by atoms with Gasteiger partial charge in [0.1, 0.15) is 5.75 Å². The van der Waals surface area contributed by atoms with Crippen LogP contribution in [0.1, 0.15) is 68.8 Å². The van der Waals surface area contributed by atoms with Crippen molar-refractivity contribution >= 4 is 17.5 Å². The lowest BCUT2D eigenvalue weighted by molar-refractivity contribution is -0.129.